The Hall–Kier alpha value is -2.57. The largest absolute Gasteiger partial charge is 0.355 e. The van der Waals surface area contributed by atoms with Crippen molar-refractivity contribution in [2.75, 3.05) is 6.54 Å². The van der Waals surface area contributed by atoms with E-state index in [1.54, 1.807) is 22.7 Å². The van der Waals surface area contributed by atoms with Crippen molar-refractivity contribution in [1.82, 2.24) is 15.3 Å². The average Bonchev–Trinajstić information content (AvgIpc) is 3.38. The number of amides is 1. The van der Waals surface area contributed by atoms with Gasteiger partial charge in [0.2, 0.25) is 5.91 Å². The standard InChI is InChI=1S/C25H27N3OS2/c1-18-17-30-22(27-18)14-8-9-15-26-24(29)25(2,19-10-4-3-5-11-19)16-23-28-20-12-6-7-13-21(20)31-23/h3-7,10-13,17H,8-9,14-16H2,1-2H3,(H,26,29). The molecular formula is C25H27N3OS2. The molecule has 2 aromatic carbocycles. The molecule has 31 heavy (non-hydrogen) atoms. The number of rotatable bonds is 9. The van der Waals surface area contributed by atoms with Crippen LogP contribution in [0.1, 0.15) is 41.0 Å². The molecule has 0 aliphatic carbocycles. The molecule has 4 rings (SSSR count). The number of hydrogen-bond donors (Lipinski definition) is 1. The van der Waals surface area contributed by atoms with Crippen LogP contribution in [0.25, 0.3) is 10.2 Å². The van der Waals surface area contributed by atoms with Crippen molar-refractivity contribution in [1.29, 1.82) is 0 Å². The Bertz CT molecular complexity index is 1120. The second kappa shape index (κ2) is 9.71. The molecule has 0 saturated heterocycles. The summed E-state index contributed by atoms with van der Waals surface area (Å²) in [5.41, 5.74) is 2.43. The van der Waals surface area contributed by atoms with Gasteiger partial charge in [0.1, 0.15) is 0 Å². The Morgan fingerprint density at radius 2 is 1.77 bits per heavy atom. The summed E-state index contributed by atoms with van der Waals surface area (Å²) in [6.07, 6.45) is 3.51. The molecule has 1 amide bonds. The highest BCUT2D eigenvalue weighted by Crippen LogP contribution is 2.32. The van der Waals surface area contributed by atoms with Crippen LogP contribution in [0.15, 0.2) is 60.0 Å². The number of aromatic nitrogens is 2. The first kappa shape index (κ1) is 21.7. The van der Waals surface area contributed by atoms with Crippen molar-refractivity contribution in [2.45, 2.75) is 44.9 Å². The van der Waals surface area contributed by atoms with Gasteiger partial charge in [-0.3, -0.25) is 4.79 Å². The first-order valence-electron chi connectivity index (χ1n) is 10.6. The summed E-state index contributed by atoms with van der Waals surface area (Å²) in [4.78, 5) is 22.7. The third kappa shape index (κ3) is 5.20. The molecule has 4 aromatic rings. The molecule has 2 aromatic heterocycles. The molecule has 0 radical (unpaired) electrons. The minimum absolute atomic E-state index is 0.0584. The van der Waals surface area contributed by atoms with Crippen LogP contribution in [0.3, 0.4) is 0 Å². The van der Waals surface area contributed by atoms with Gasteiger partial charge in [-0.1, -0.05) is 42.5 Å². The van der Waals surface area contributed by atoms with E-state index >= 15 is 0 Å². The smallest absolute Gasteiger partial charge is 0.230 e. The minimum Gasteiger partial charge on any atom is -0.355 e. The van der Waals surface area contributed by atoms with Gasteiger partial charge in [-0.25, -0.2) is 9.97 Å². The van der Waals surface area contributed by atoms with Crippen LogP contribution in [-0.2, 0) is 23.1 Å². The lowest BCUT2D eigenvalue weighted by Gasteiger charge is -2.28. The summed E-state index contributed by atoms with van der Waals surface area (Å²) in [6, 6.07) is 18.2. The molecule has 1 unspecified atom stereocenters. The Labute approximate surface area is 191 Å². The summed E-state index contributed by atoms with van der Waals surface area (Å²) in [5.74, 6) is 0.0584. The van der Waals surface area contributed by atoms with E-state index in [0.29, 0.717) is 13.0 Å². The van der Waals surface area contributed by atoms with Gasteiger partial charge in [0.25, 0.3) is 0 Å². The number of carbonyl (C=O) groups is 1. The second-order valence-corrected chi connectivity index (χ2v) is 10.1. The molecule has 0 aliphatic rings. The topological polar surface area (TPSA) is 54.9 Å². The monoisotopic (exact) mass is 449 g/mol. The summed E-state index contributed by atoms with van der Waals surface area (Å²) in [7, 11) is 0. The van der Waals surface area contributed by atoms with Crippen LogP contribution in [0.5, 0.6) is 0 Å². The lowest BCUT2D eigenvalue weighted by molar-refractivity contribution is -0.126. The van der Waals surface area contributed by atoms with Gasteiger partial charge in [-0.2, -0.15) is 0 Å². The summed E-state index contributed by atoms with van der Waals surface area (Å²) in [5, 5.41) is 7.44. The second-order valence-electron chi connectivity index (χ2n) is 8.05. The number of thiazole rings is 2. The third-order valence-corrected chi connectivity index (χ3v) is 7.59. The van der Waals surface area contributed by atoms with E-state index in [1.807, 2.05) is 62.4 Å². The number of unbranched alkanes of at least 4 members (excludes halogenated alkanes) is 1. The maximum atomic E-state index is 13.4. The first-order chi connectivity index (χ1) is 15.0. The average molecular weight is 450 g/mol. The maximum absolute atomic E-state index is 13.4. The maximum Gasteiger partial charge on any atom is 0.230 e. The fourth-order valence-electron chi connectivity index (χ4n) is 3.73. The van der Waals surface area contributed by atoms with Crippen LogP contribution in [0.2, 0.25) is 0 Å². The van der Waals surface area contributed by atoms with Crippen molar-refractivity contribution in [3.8, 4) is 0 Å². The number of nitrogens with zero attached hydrogens (tertiary/aromatic N) is 2. The molecular weight excluding hydrogens is 422 g/mol. The van der Waals surface area contributed by atoms with E-state index < -0.39 is 5.41 Å². The normalized spacial score (nSPS) is 13.2. The van der Waals surface area contributed by atoms with Crippen LogP contribution < -0.4 is 5.32 Å². The number of aryl methyl sites for hydroxylation is 2. The van der Waals surface area contributed by atoms with Gasteiger partial charge >= 0.3 is 0 Å². The van der Waals surface area contributed by atoms with Gasteiger partial charge in [0.05, 0.1) is 25.6 Å². The fraction of sp³-hybridized carbons (Fsp3) is 0.320. The lowest BCUT2D eigenvalue weighted by atomic mass is 9.78. The Morgan fingerprint density at radius 1 is 1.00 bits per heavy atom. The van der Waals surface area contributed by atoms with E-state index in [-0.39, 0.29) is 5.91 Å². The van der Waals surface area contributed by atoms with Crippen LogP contribution >= 0.6 is 22.7 Å². The predicted molar refractivity (Wildman–Crippen MR) is 130 cm³/mol. The highest BCUT2D eigenvalue weighted by Gasteiger charge is 2.36. The van der Waals surface area contributed by atoms with E-state index in [2.05, 4.69) is 21.7 Å². The number of hydrogen-bond acceptors (Lipinski definition) is 5. The molecule has 0 aliphatic heterocycles. The van der Waals surface area contributed by atoms with Crippen molar-refractivity contribution in [3.05, 3.63) is 81.2 Å². The van der Waals surface area contributed by atoms with Crippen LogP contribution in [0, 0.1) is 6.92 Å². The van der Waals surface area contributed by atoms with Gasteiger partial charge in [-0.05, 0) is 50.8 Å². The highest BCUT2D eigenvalue weighted by molar-refractivity contribution is 7.18. The third-order valence-electron chi connectivity index (χ3n) is 5.52. The fourth-order valence-corrected chi connectivity index (χ4v) is 5.67. The van der Waals surface area contributed by atoms with E-state index in [0.717, 1.165) is 45.7 Å². The Morgan fingerprint density at radius 3 is 2.52 bits per heavy atom. The summed E-state index contributed by atoms with van der Waals surface area (Å²) >= 11 is 3.38. The summed E-state index contributed by atoms with van der Waals surface area (Å²) in [6.45, 7) is 4.73. The van der Waals surface area contributed by atoms with Crippen LogP contribution in [0.4, 0.5) is 0 Å². The SMILES string of the molecule is Cc1csc(CCCCNC(=O)C(C)(Cc2nc3ccccc3s2)c2ccccc2)n1. The highest BCUT2D eigenvalue weighted by atomic mass is 32.1. The molecule has 4 nitrogen and oxygen atoms in total. The molecule has 0 bridgehead atoms. The molecule has 1 N–H and O–H groups in total. The van der Waals surface area contributed by atoms with Gasteiger partial charge in [0.15, 0.2) is 0 Å². The molecule has 6 heteroatoms. The molecule has 0 spiro atoms. The minimum atomic E-state index is -0.665. The number of carbonyl (C=O) groups excluding carboxylic acids is 1. The lowest BCUT2D eigenvalue weighted by Crippen LogP contribution is -2.44. The zero-order chi connectivity index (χ0) is 21.7. The van der Waals surface area contributed by atoms with Crippen molar-refractivity contribution in [2.24, 2.45) is 0 Å². The van der Waals surface area contributed by atoms with Gasteiger partial charge in [0, 0.05) is 24.0 Å². The zero-order valence-electron chi connectivity index (χ0n) is 17.9. The molecule has 1 atom stereocenters. The van der Waals surface area contributed by atoms with E-state index in [4.69, 9.17) is 4.98 Å². The van der Waals surface area contributed by atoms with Crippen molar-refractivity contribution >= 4 is 38.8 Å². The first-order valence-corrected chi connectivity index (χ1v) is 12.3. The summed E-state index contributed by atoms with van der Waals surface area (Å²) < 4.78 is 1.16. The van der Waals surface area contributed by atoms with Gasteiger partial charge in [-0.15, -0.1) is 22.7 Å². The number of fused-ring (bicyclic) bond motifs is 1. The number of nitrogens with one attached hydrogen (secondary N) is 1. The van der Waals surface area contributed by atoms with E-state index in [9.17, 15) is 4.79 Å². The van der Waals surface area contributed by atoms with Crippen LogP contribution in [-0.4, -0.2) is 22.4 Å². The molecule has 2 heterocycles. The molecule has 0 fully saturated rings. The van der Waals surface area contributed by atoms with E-state index in [1.165, 1.54) is 5.01 Å². The van der Waals surface area contributed by atoms with Gasteiger partial charge < -0.3 is 5.32 Å². The number of para-hydroxylation sites is 1. The van der Waals surface area contributed by atoms with Crippen molar-refractivity contribution in [3.63, 3.8) is 0 Å². The molecule has 0 saturated carbocycles. The Balaban J connectivity index is 1.43. The molecule has 160 valence electrons. The quantitative estimate of drug-likeness (QED) is 0.333. The Kier molecular flexibility index (Phi) is 6.78. The number of benzene rings is 2. The predicted octanol–water partition coefficient (Wildman–Crippen LogP) is 5.70. The van der Waals surface area contributed by atoms with Crippen molar-refractivity contribution < 1.29 is 4.79 Å². The zero-order valence-corrected chi connectivity index (χ0v) is 19.6.